The molecule has 0 radical (unpaired) electrons. The first-order chi connectivity index (χ1) is 14.3. The molecule has 0 amide bonds. The van der Waals surface area contributed by atoms with Crippen LogP contribution in [0.25, 0.3) is 0 Å². The van der Waals surface area contributed by atoms with Crippen molar-refractivity contribution >= 4 is 5.96 Å². The molecule has 0 saturated heterocycles. The van der Waals surface area contributed by atoms with Gasteiger partial charge in [-0.05, 0) is 17.5 Å². The summed E-state index contributed by atoms with van der Waals surface area (Å²) >= 11 is 0. The Morgan fingerprint density at radius 1 is 0.966 bits per heavy atom. The minimum Gasteiger partial charge on any atom is -0.356 e. The first-order valence-corrected chi connectivity index (χ1v) is 10.2. The SMILES string of the molecule is CCc1nncn1CCNC(=NC)NCCC(c1ccccc1)c1ccccc1. The van der Waals surface area contributed by atoms with Crippen molar-refractivity contribution in [3.63, 3.8) is 0 Å². The van der Waals surface area contributed by atoms with Crippen molar-refractivity contribution < 1.29 is 0 Å². The van der Waals surface area contributed by atoms with Crippen molar-refractivity contribution in [3.05, 3.63) is 83.9 Å². The molecule has 0 unspecified atom stereocenters. The number of aryl methyl sites for hydroxylation is 1. The second kappa shape index (κ2) is 11.0. The van der Waals surface area contributed by atoms with Gasteiger partial charge in [-0.25, -0.2) is 0 Å². The fourth-order valence-corrected chi connectivity index (χ4v) is 3.49. The summed E-state index contributed by atoms with van der Waals surface area (Å²) in [4.78, 5) is 4.35. The van der Waals surface area contributed by atoms with Crippen LogP contribution in [0.3, 0.4) is 0 Å². The Hall–Kier alpha value is -3.15. The standard InChI is InChI=1S/C23H30N6/c1-3-22-28-27-18-29(22)17-16-26-23(24-2)25-15-14-21(19-10-6-4-7-11-19)20-12-8-5-9-13-20/h4-13,18,21H,3,14-17H2,1-2H3,(H2,24,25,26). The number of aliphatic imine (C=N–C) groups is 1. The Bertz CT molecular complexity index is 833. The van der Waals surface area contributed by atoms with Gasteiger partial charge in [0.1, 0.15) is 12.2 Å². The van der Waals surface area contributed by atoms with Crippen LogP contribution >= 0.6 is 0 Å². The zero-order valence-corrected chi connectivity index (χ0v) is 17.3. The van der Waals surface area contributed by atoms with E-state index in [-0.39, 0.29) is 0 Å². The van der Waals surface area contributed by atoms with E-state index in [0.29, 0.717) is 5.92 Å². The van der Waals surface area contributed by atoms with Crippen LogP contribution in [-0.4, -0.2) is 40.9 Å². The van der Waals surface area contributed by atoms with Crippen molar-refractivity contribution in [2.75, 3.05) is 20.1 Å². The quantitative estimate of drug-likeness (QED) is 0.435. The lowest BCUT2D eigenvalue weighted by molar-refractivity contribution is 0.626. The second-order valence-electron chi connectivity index (χ2n) is 6.88. The summed E-state index contributed by atoms with van der Waals surface area (Å²) in [5.74, 6) is 2.17. The minimum atomic E-state index is 0.354. The fourth-order valence-electron chi connectivity index (χ4n) is 3.49. The van der Waals surface area contributed by atoms with Gasteiger partial charge in [0.15, 0.2) is 5.96 Å². The number of aromatic nitrogens is 3. The zero-order valence-electron chi connectivity index (χ0n) is 17.3. The molecule has 0 spiro atoms. The molecule has 0 aliphatic heterocycles. The van der Waals surface area contributed by atoms with Gasteiger partial charge in [-0.1, -0.05) is 67.6 Å². The molecule has 2 N–H and O–H groups in total. The summed E-state index contributed by atoms with van der Waals surface area (Å²) in [5, 5.41) is 14.9. The smallest absolute Gasteiger partial charge is 0.191 e. The first kappa shape index (κ1) is 20.6. The van der Waals surface area contributed by atoms with Crippen molar-refractivity contribution in [1.82, 2.24) is 25.4 Å². The maximum Gasteiger partial charge on any atom is 0.191 e. The predicted octanol–water partition coefficient (Wildman–Crippen LogP) is 3.23. The molecule has 29 heavy (non-hydrogen) atoms. The number of hydrogen-bond acceptors (Lipinski definition) is 3. The highest BCUT2D eigenvalue weighted by Gasteiger charge is 2.13. The highest BCUT2D eigenvalue weighted by Crippen LogP contribution is 2.27. The van der Waals surface area contributed by atoms with E-state index in [1.54, 1.807) is 13.4 Å². The molecule has 0 aliphatic rings. The Morgan fingerprint density at radius 3 is 2.17 bits per heavy atom. The van der Waals surface area contributed by atoms with Crippen LogP contribution < -0.4 is 10.6 Å². The van der Waals surface area contributed by atoms with E-state index < -0.39 is 0 Å². The number of guanidine groups is 1. The molecule has 3 aromatic rings. The van der Waals surface area contributed by atoms with Crippen molar-refractivity contribution in [2.24, 2.45) is 4.99 Å². The average molecular weight is 391 g/mol. The molecule has 1 heterocycles. The summed E-state index contributed by atoms with van der Waals surface area (Å²) in [6, 6.07) is 21.4. The lowest BCUT2D eigenvalue weighted by atomic mass is 9.88. The first-order valence-electron chi connectivity index (χ1n) is 10.2. The third-order valence-corrected chi connectivity index (χ3v) is 5.01. The summed E-state index contributed by atoms with van der Waals surface area (Å²) in [5.41, 5.74) is 2.67. The van der Waals surface area contributed by atoms with E-state index in [1.807, 2.05) is 0 Å². The van der Waals surface area contributed by atoms with Crippen molar-refractivity contribution in [2.45, 2.75) is 32.2 Å². The molecule has 0 atom stereocenters. The van der Waals surface area contributed by atoms with Crippen molar-refractivity contribution in [1.29, 1.82) is 0 Å². The van der Waals surface area contributed by atoms with Gasteiger partial charge in [0.05, 0.1) is 0 Å². The summed E-state index contributed by atoms with van der Waals surface area (Å²) in [6.07, 6.45) is 3.65. The molecule has 0 aliphatic carbocycles. The Balaban J connectivity index is 1.52. The maximum absolute atomic E-state index is 4.35. The van der Waals surface area contributed by atoms with Gasteiger partial charge >= 0.3 is 0 Å². The van der Waals surface area contributed by atoms with E-state index in [2.05, 4.69) is 98.0 Å². The van der Waals surface area contributed by atoms with Gasteiger partial charge in [-0.3, -0.25) is 4.99 Å². The van der Waals surface area contributed by atoms with E-state index >= 15 is 0 Å². The summed E-state index contributed by atoms with van der Waals surface area (Å²) in [6.45, 7) is 4.50. The lowest BCUT2D eigenvalue weighted by Gasteiger charge is -2.19. The highest BCUT2D eigenvalue weighted by molar-refractivity contribution is 5.79. The Morgan fingerprint density at radius 2 is 1.59 bits per heavy atom. The van der Waals surface area contributed by atoms with Gasteiger partial charge in [0, 0.05) is 39.0 Å². The van der Waals surface area contributed by atoms with Crippen molar-refractivity contribution in [3.8, 4) is 0 Å². The van der Waals surface area contributed by atoms with E-state index in [0.717, 1.165) is 44.3 Å². The van der Waals surface area contributed by atoms with Crippen LogP contribution in [0.15, 0.2) is 72.0 Å². The van der Waals surface area contributed by atoms with Gasteiger partial charge in [0.2, 0.25) is 0 Å². The summed E-state index contributed by atoms with van der Waals surface area (Å²) < 4.78 is 2.07. The Kier molecular flexibility index (Phi) is 7.81. The van der Waals surface area contributed by atoms with E-state index in [1.165, 1.54) is 11.1 Å². The van der Waals surface area contributed by atoms with Gasteiger partial charge in [-0.2, -0.15) is 0 Å². The van der Waals surface area contributed by atoms with E-state index in [9.17, 15) is 0 Å². The molecular weight excluding hydrogens is 360 g/mol. The molecule has 0 bridgehead atoms. The molecular formula is C23H30N6. The molecule has 3 rings (SSSR count). The molecule has 152 valence electrons. The van der Waals surface area contributed by atoms with Crippen LogP contribution in [0.2, 0.25) is 0 Å². The van der Waals surface area contributed by atoms with Crippen LogP contribution in [0.5, 0.6) is 0 Å². The maximum atomic E-state index is 4.35. The van der Waals surface area contributed by atoms with Crippen LogP contribution in [-0.2, 0) is 13.0 Å². The summed E-state index contributed by atoms with van der Waals surface area (Å²) in [7, 11) is 1.80. The largest absolute Gasteiger partial charge is 0.356 e. The molecule has 6 heteroatoms. The molecule has 1 aromatic heterocycles. The molecule has 0 saturated carbocycles. The van der Waals surface area contributed by atoms with Crippen LogP contribution in [0.1, 0.15) is 36.2 Å². The third-order valence-electron chi connectivity index (χ3n) is 5.01. The minimum absolute atomic E-state index is 0.354. The lowest BCUT2D eigenvalue weighted by Crippen LogP contribution is -2.39. The van der Waals surface area contributed by atoms with Gasteiger partial charge < -0.3 is 15.2 Å². The molecule has 6 nitrogen and oxygen atoms in total. The monoisotopic (exact) mass is 390 g/mol. The van der Waals surface area contributed by atoms with Gasteiger partial charge in [-0.15, -0.1) is 10.2 Å². The van der Waals surface area contributed by atoms with Crippen LogP contribution in [0, 0.1) is 0 Å². The number of benzene rings is 2. The number of rotatable bonds is 9. The third kappa shape index (κ3) is 5.91. The number of hydrogen-bond donors (Lipinski definition) is 2. The number of nitrogens with zero attached hydrogens (tertiary/aromatic N) is 4. The molecule has 2 aromatic carbocycles. The average Bonchev–Trinajstić information content (AvgIpc) is 3.24. The number of nitrogens with one attached hydrogen (secondary N) is 2. The Labute approximate surface area is 173 Å². The predicted molar refractivity (Wildman–Crippen MR) is 118 cm³/mol. The van der Waals surface area contributed by atoms with E-state index in [4.69, 9.17) is 0 Å². The zero-order chi connectivity index (χ0) is 20.3. The van der Waals surface area contributed by atoms with Gasteiger partial charge in [0.25, 0.3) is 0 Å². The second-order valence-corrected chi connectivity index (χ2v) is 6.88. The highest BCUT2D eigenvalue weighted by atomic mass is 15.3. The van der Waals surface area contributed by atoms with Crippen LogP contribution in [0.4, 0.5) is 0 Å². The normalized spacial score (nSPS) is 11.6. The fraction of sp³-hybridized carbons (Fsp3) is 0.348. The topological polar surface area (TPSA) is 67.1 Å². The molecule has 0 fully saturated rings.